The third-order valence-electron chi connectivity index (χ3n) is 1.40. The first kappa shape index (κ1) is 9.68. The molecular weight excluding hydrogens is 262 g/mol. The molecule has 1 rings (SSSR count). The van der Waals surface area contributed by atoms with Crippen molar-refractivity contribution in [3.63, 3.8) is 0 Å². The van der Waals surface area contributed by atoms with E-state index in [-0.39, 0.29) is 0 Å². The van der Waals surface area contributed by atoms with E-state index in [9.17, 15) is 0 Å². The van der Waals surface area contributed by atoms with E-state index in [1.807, 2.05) is 20.2 Å². The van der Waals surface area contributed by atoms with E-state index < -0.39 is 0 Å². The molecule has 0 aromatic heterocycles. The van der Waals surface area contributed by atoms with Gasteiger partial charge in [-0.1, -0.05) is 25.5 Å². The lowest BCUT2D eigenvalue weighted by Crippen LogP contribution is -1.94. The zero-order valence-electron chi connectivity index (χ0n) is 6.93. The van der Waals surface area contributed by atoms with Gasteiger partial charge in [-0.15, -0.1) is 0 Å². The second-order valence-electron chi connectivity index (χ2n) is 2.45. The molecule has 0 aromatic carbocycles. The molecule has 0 aliphatic carbocycles. The van der Waals surface area contributed by atoms with Gasteiger partial charge in [-0.05, 0) is 28.2 Å². The first-order chi connectivity index (χ1) is 5.74. The summed E-state index contributed by atoms with van der Waals surface area (Å²) >= 11 is 2.18. The van der Waals surface area contributed by atoms with Gasteiger partial charge in [0, 0.05) is 6.08 Å². The molecule has 0 spiro atoms. The molecule has 1 radical (unpaired) electrons. The van der Waals surface area contributed by atoms with Gasteiger partial charge in [-0.3, -0.25) is 0 Å². The maximum Gasteiger partial charge on any atom is 0.170 e. The van der Waals surface area contributed by atoms with Gasteiger partial charge in [0.15, 0.2) is 5.76 Å². The number of hydrogen-bond donors (Lipinski definition) is 0. The van der Waals surface area contributed by atoms with Gasteiger partial charge in [-0.25, -0.2) is 0 Å². The van der Waals surface area contributed by atoms with Crippen LogP contribution in [-0.4, -0.2) is 7.28 Å². The minimum atomic E-state index is 0.744. The smallest absolute Gasteiger partial charge is 0.170 e. The summed E-state index contributed by atoms with van der Waals surface area (Å²) in [5, 5.41) is 0. The monoisotopic (exact) mass is 271 g/mol. The van der Waals surface area contributed by atoms with Crippen molar-refractivity contribution >= 4 is 29.9 Å². The average Bonchev–Trinajstić information content (AvgIpc) is 2.06. The zero-order chi connectivity index (χ0) is 8.97. The van der Waals surface area contributed by atoms with Crippen molar-refractivity contribution in [2.24, 2.45) is 0 Å². The van der Waals surface area contributed by atoms with Gasteiger partial charge in [-0.2, -0.15) is 0 Å². The van der Waals surface area contributed by atoms with Crippen molar-refractivity contribution in [2.75, 3.05) is 0 Å². The van der Waals surface area contributed by atoms with Gasteiger partial charge in [0.2, 0.25) is 0 Å². The molecule has 1 aliphatic rings. The highest BCUT2D eigenvalue weighted by Crippen LogP contribution is 2.19. The fraction of sp³-hybridized carbons (Fsp3) is 0.222. The van der Waals surface area contributed by atoms with Crippen molar-refractivity contribution in [1.29, 1.82) is 0 Å². The van der Waals surface area contributed by atoms with Crippen molar-refractivity contribution in [2.45, 2.75) is 13.1 Å². The van der Waals surface area contributed by atoms with Crippen molar-refractivity contribution < 1.29 is 4.74 Å². The van der Waals surface area contributed by atoms with E-state index in [0.29, 0.717) is 0 Å². The number of halogens is 1. The van der Waals surface area contributed by atoms with Crippen molar-refractivity contribution in [1.82, 2.24) is 0 Å². The summed E-state index contributed by atoms with van der Waals surface area (Å²) in [6.45, 7) is 5.88. The summed E-state index contributed by atoms with van der Waals surface area (Å²) in [6, 6.07) is 0. The SMILES string of the molecule is C=C(C[B]C)C1=C=CC(I)=CO1. The molecule has 1 aliphatic heterocycles. The first-order valence-electron chi connectivity index (χ1n) is 3.69. The van der Waals surface area contributed by atoms with Gasteiger partial charge < -0.3 is 4.74 Å². The summed E-state index contributed by atoms with van der Waals surface area (Å²) in [4.78, 5) is 0. The molecule has 0 amide bonds. The molecular formula is C9H9BIO. The van der Waals surface area contributed by atoms with Gasteiger partial charge >= 0.3 is 0 Å². The summed E-state index contributed by atoms with van der Waals surface area (Å²) < 4.78 is 6.34. The van der Waals surface area contributed by atoms with Crippen LogP contribution in [-0.2, 0) is 4.74 Å². The normalized spacial score (nSPS) is 14.5. The fourth-order valence-electron chi connectivity index (χ4n) is 0.842. The van der Waals surface area contributed by atoms with E-state index in [4.69, 9.17) is 4.74 Å². The second-order valence-corrected chi connectivity index (χ2v) is 3.70. The molecule has 12 heavy (non-hydrogen) atoms. The molecule has 0 saturated carbocycles. The standard InChI is InChI=1S/C9H9BIO/c1-7(5-10-2)9-4-3-8(11)6-12-9/h3,6H,1,5H2,2H3. The molecule has 0 unspecified atom stereocenters. The maximum absolute atomic E-state index is 5.29. The minimum absolute atomic E-state index is 0.744. The molecule has 0 bridgehead atoms. The first-order valence-corrected chi connectivity index (χ1v) is 4.77. The Balaban J connectivity index is 2.68. The highest BCUT2D eigenvalue weighted by molar-refractivity contribution is 14.1. The van der Waals surface area contributed by atoms with Gasteiger partial charge in [0.05, 0.1) is 3.58 Å². The number of hydrogen-bond acceptors (Lipinski definition) is 1. The molecule has 3 heteroatoms. The Morgan fingerprint density at radius 3 is 3.08 bits per heavy atom. The van der Waals surface area contributed by atoms with Gasteiger partial charge in [0.1, 0.15) is 13.5 Å². The van der Waals surface area contributed by atoms with Crippen LogP contribution in [0.25, 0.3) is 0 Å². The Morgan fingerprint density at radius 2 is 2.58 bits per heavy atom. The summed E-state index contributed by atoms with van der Waals surface area (Å²) in [7, 11) is 2.05. The van der Waals surface area contributed by atoms with Crippen molar-refractivity contribution in [3.8, 4) is 0 Å². The quantitative estimate of drug-likeness (QED) is 0.435. The van der Waals surface area contributed by atoms with E-state index in [0.717, 1.165) is 21.2 Å². The Bertz CT molecular complexity index is 285. The largest absolute Gasteiger partial charge is 0.455 e. The van der Waals surface area contributed by atoms with Crippen molar-refractivity contribution in [3.05, 3.63) is 39.6 Å². The highest BCUT2D eigenvalue weighted by Gasteiger charge is 2.04. The van der Waals surface area contributed by atoms with E-state index in [2.05, 4.69) is 34.9 Å². The van der Waals surface area contributed by atoms with Crippen LogP contribution in [0.15, 0.2) is 39.6 Å². The Morgan fingerprint density at radius 1 is 1.83 bits per heavy atom. The van der Waals surface area contributed by atoms with Crippen LogP contribution < -0.4 is 0 Å². The third kappa shape index (κ3) is 2.57. The average molecular weight is 271 g/mol. The lowest BCUT2D eigenvalue weighted by Gasteiger charge is -2.08. The van der Waals surface area contributed by atoms with E-state index in [1.54, 1.807) is 6.26 Å². The maximum atomic E-state index is 5.29. The third-order valence-corrected chi connectivity index (χ3v) is 1.97. The fourth-order valence-corrected chi connectivity index (χ4v) is 1.13. The van der Waals surface area contributed by atoms with Crippen LogP contribution in [0.4, 0.5) is 0 Å². The number of ether oxygens (including phenoxy) is 1. The predicted octanol–water partition coefficient (Wildman–Crippen LogP) is 3.06. The Hall–Kier alpha value is -0.405. The van der Waals surface area contributed by atoms with Crippen LogP contribution in [0.1, 0.15) is 0 Å². The lowest BCUT2D eigenvalue weighted by atomic mass is 9.75. The topological polar surface area (TPSA) is 9.23 Å². The zero-order valence-corrected chi connectivity index (χ0v) is 9.09. The molecule has 0 atom stereocenters. The summed E-state index contributed by atoms with van der Waals surface area (Å²) in [5.74, 6) is 0.744. The summed E-state index contributed by atoms with van der Waals surface area (Å²) in [6.07, 6.45) is 4.44. The molecule has 0 N–H and O–H groups in total. The Kier molecular flexibility index (Phi) is 3.69. The second kappa shape index (κ2) is 4.58. The molecule has 0 aromatic rings. The van der Waals surface area contributed by atoms with Gasteiger partial charge in [0.25, 0.3) is 0 Å². The highest BCUT2D eigenvalue weighted by atomic mass is 127. The van der Waals surface area contributed by atoms with Crippen LogP contribution in [0.3, 0.4) is 0 Å². The minimum Gasteiger partial charge on any atom is -0.455 e. The number of allylic oxidation sites excluding steroid dienone is 2. The van der Waals surface area contributed by atoms with Crippen LogP contribution in [0, 0.1) is 0 Å². The lowest BCUT2D eigenvalue weighted by molar-refractivity contribution is 0.359. The van der Waals surface area contributed by atoms with Crippen LogP contribution in [0.2, 0.25) is 13.1 Å². The molecule has 0 saturated heterocycles. The Labute approximate surface area is 87.3 Å². The number of rotatable bonds is 3. The molecule has 0 fully saturated rings. The predicted molar refractivity (Wildman–Crippen MR) is 60.3 cm³/mol. The molecule has 1 heterocycles. The van der Waals surface area contributed by atoms with Crippen LogP contribution >= 0.6 is 22.6 Å². The molecule has 1 nitrogen and oxygen atoms in total. The van der Waals surface area contributed by atoms with E-state index >= 15 is 0 Å². The molecule has 61 valence electrons. The van der Waals surface area contributed by atoms with E-state index in [1.165, 1.54) is 0 Å². The summed E-state index contributed by atoms with van der Waals surface area (Å²) in [5.41, 5.74) is 3.99. The van der Waals surface area contributed by atoms with Crippen LogP contribution in [0.5, 0.6) is 0 Å².